The number of anilines is 1. The van der Waals surface area contributed by atoms with Crippen LogP contribution in [0.1, 0.15) is 26.3 Å². The lowest BCUT2D eigenvalue weighted by atomic mass is 10.1. The largest absolute Gasteiger partial charge is 0.444 e. The number of rotatable bonds is 1. The molecule has 0 saturated heterocycles. The summed E-state index contributed by atoms with van der Waals surface area (Å²) in [4.78, 5) is 18.1. The van der Waals surface area contributed by atoms with E-state index in [9.17, 15) is 18.0 Å². The van der Waals surface area contributed by atoms with E-state index in [2.05, 4.69) is 15.3 Å². The van der Waals surface area contributed by atoms with Crippen molar-refractivity contribution in [2.75, 3.05) is 5.32 Å². The third kappa shape index (κ3) is 3.45. The van der Waals surface area contributed by atoms with Gasteiger partial charge in [0.05, 0.1) is 11.3 Å². The topological polar surface area (TPSA) is 67.0 Å². The van der Waals surface area contributed by atoms with E-state index >= 15 is 0 Å². The van der Waals surface area contributed by atoms with Crippen molar-refractivity contribution in [3.05, 3.63) is 24.0 Å². The Morgan fingerprint density at radius 3 is 2.57 bits per heavy atom. The van der Waals surface area contributed by atoms with Crippen molar-refractivity contribution in [1.82, 2.24) is 9.97 Å². The fourth-order valence-electron chi connectivity index (χ4n) is 1.76. The highest BCUT2D eigenvalue weighted by Gasteiger charge is 2.36. The predicted octanol–water partition coefficient (Wildman–Crippen LogP) is 3.93. The SMILES string of the molecule is CC(C)(C)OC(=O)Nc1c(C(F)(F)F)cnc2[nH]ccc12. The summed E-state index contributed by atoms with van der Waals surface area (Å²) in [5.74, 6) is 0. The summed E-state index contributed by atoms with van der Waals surface area (Å²) in [7, 11) is 0. The highest BCUT2D eigenvalue weighted by Crippen LogP contribution is 2.38. The lowest BCUT2D eigenvalue weighted by Crippen LogP contribution is -2.28. The second-order valence-electron chi connectivity index (χ2n) is 5.41. The summed E-state index contributed by atoms with van der Waals surface area (Å²) < 4.78 is 44.1. The van der Waals surface area contributed by atoms with Gasteiger partial charge in [-0.2, -0.15) is 13.2 Å². The van der Waals surface area contributed by atoms with Crippen LogP contribution in [0.3, 0.4) is 0 Å². The predicted molar refractivity (Wildman–Crippen MR) is 71.0 cm³/mol. The molecule has 0 saturated carbocycles. The van der Waals surface area contributed by atoms with Crippen LogP contribution in [0.2, 0.25) is 0 Å². The van der Waals surface area contributed by atoms with E-state index < -0.39 is 23.4 Å². The maximum atomic E-state index is 13.0. The number of carbonyl (C=O) groups excluding carboxylic acids is 1. The zero-order valence-electron chi connectivity index (χ0n) is 11.6. The van der Waals surface area contributed by atoms with Gasteiger partial charge in [0.2, 0.25) is 0 Å². The summed E-state index contributed by atoms with van der Waals surface area (Å²) in [6.45, 7) is 4.86. The third-order valence-corrected chi connectivity index (χ3v) is 2.52. The van der Waals surface area contributed by atoms with Crippen LogP contribution in [0.5, 0.6) is 0 Å². The van der Waals surface area contributed by atoms with E-state index in [4.69, 9.17) is 4.74 Å². The van der Waals surface area contributed by atoms with Crippen molar-refractivity contribution in [3.8, 4) is 0 Å². The fourth-order valence-corrected chi connectivity index (χ4v) is 1.76. The number of hydrogen-bond donors (Lipinski definition) is 2. The maximum Gasteiger partial charge on any atom is 0.419 e. The summed E-state index contributed by atoms with van der Waals surface area (Å²) >= 11 is 0. The fraction of sp³-hybridized carbons (Fsp3) is 0.385. The minimum absolute atomic E-state index is 0.163. The van der Waals surface area contributed by atoms with Crippen LogP contribution in [0.4, 0.5) is 23.7 Å². The first-order valence-corrected chi connectivity index (χ1v) is 6.11. The number of aromatic nitrogens is 2. The molecule has 1 amide bonds. The highest BCUT2D eigenvalue weighted by molar-refractivity contribution is 5.99. The van der Waals surface area contributed by atoms with Gasteiger partial charge in [-0.15, -0.1) is 0 Å². The molecule has 0 fully saturated rings. The van der Waals surface area contributed by atoms with Crippen molar-refractivity contribution >= 4 is 22.8 Å². The Kier molecular flexibility index (Phi) is 3.56. The second-order valence-corrected chi connectivity index (χ2v) is 5.41. The molecule has 114 valence electrons. The summed E-state index contributed by atoms with van der Waals surface area (Å²) in [6.07, 6.45) is -3.48. The molecule has 2 aromatic heterocycles. The number of hydrogen-bond acceptors (Lipinski definition) is 3. The first kappa shape index (κ1) is 15.1. The normalized spacial score (nSPS) is 12.5. The second kappa shape index (κ2) is 4.94. The quantitative estimate of drug-likeness (QED) is 0.838. The van der Waals surface area contributed by atoms with Gasteiger partial charge in [-0.25, -0.2) is 9.78 Å². The Morgan fingerprint density at radius 1 is 1.33 bits per heavy atom. The molecule has 21 heavy (non-hydrogen) atoms. The van der Waals surface area contributed by atoms with E-state index in [-0.39, 0.29) is 16.7 Å². The lowest BCUT2D eigenvalue weighted by molar-refractivity contribution is -0.137. The van der Waals surface area contributed by atoms with Crippen LogP contribution < -0.4 is 5.32 Å². The van der Waals surface area contributed by atoms with E-state index in [1.54, 1.807) is 20.8 Å². The van der Waals surface area contributed by atoms with Gasteiger partial charge >= 0.3 is 12.3 Å². The number of aromatic amines is 1. The summed E-state index contributed by atoms with van der Waals surface area (Å²) in [5.41, 5.74) is -1.97. The van der Waals surface area contributed by atoms with Gasteiger partial charge < -0.3 is 9.72 Å². The molecule has 5 nitrogen and oxygen atoms in total. The molecule has 0 bridgehead atoms. The smallest absolute Gasteiger partial charge is 0.419 e. The number of halogens is 3. The molecular weight excluding hydrogens is 287 g/mol. The third-order valence-electron chi connectivity index (χ3n) is 2.52. The molecule has 0 aliphatic rings. The molecule has 0 aromatic carbocycles. The molecular formula is C13H14F3N3O2. The average molecular weight is 301 g/mol. The molecule has 0 aliphatic heterocycles. The van der Waals surface area contributed by atoms with E-state index in [0.717, 1.165) is 0 Å². The van der Waals surface area contributed by atoms with Crippen LogP contribution in [0.15, 0.2) is 18.5 Å². The van der Waals surface area contributed by atoms with Gasteiger partial charge in [-0.05, 0) is 26.8 Å². The monoisotopic (exact) mass is 301 g/mol. The molecule has 0 unspecified atom stereocenters. The van der Waals surface area contributed by atoms with Crippen LogP contribution in [0.25, 0.3) is 11.0 Å². The molecule has 2 rings (SSSR count). The Bertz CT molecular complexity index is 671. The number of nitrogens with one attached hydrogen (secondary N) is 2. The van der Waals surface area contributed by atoms with E-state index in [1.807, 2.05) is 0 Å². The van der Waals surface area contributed by atoms with Crippen LogP contribution >= 0.6 is 0 Å². The Labute approximate surface area is 118 Å². The lowest BCUT2D eigenvalue weighted by Gasteiger charge is -2.21. The van der Waals surface area contributed by atoms with Gasteiger partial charge in [-0.3, -0.25) is 5.32 Å². The van der Waals surface area contributed by atoms with Crippen molar-refractivity contribution in [2.24, 2.45) is 0 Å². The van der Waals surface area contributed by atoms with Crippen LogP contribution in [0, 0.1) is 0 Å². The number of H-pyrrole nitrogens is 1. The number of ether oxygens (including phenoxy) is 1. The average Bonchev–Trinajstić information content (AvgIpc) is 2.73. The zero-order valence-corrected chi connectivity index (χ0v) is 11.6. The molecule has 0 spiro atoms. The van der Waals surface area contributed by atoms with Crippen LogP contribution in [-0.2, 0) is 10.9 Å². The summed E-state index contributed by atoms with van der Waals surface area (Å²) in [5, 5.41) is 2.32. The van der Waals surface area contributed by atoms with E-state index in [0.29, 0.717) is 6.20 Å². The molecule has 0 radical (unpaired) electrons. The molecule has 2 aromatic rings. The Hall–Kier alpha value is -2.25. The zero-order chi connectivity index (χ0) is 15.8. The Balaban J connectivity index is 2.45. The van der Waals surface area contributed by atoms with Crippen molar-refractivity contribution in [2.45, 2.75) is 32.5 Å². The molecule has 8 heteroatoms. The minimum atomic E-state index is -4.64. The first-order valence-electron chi connectivity index (χ1n) is 6.11. The molecule has 0 aliphatic carbocycles. The van der Waals surface area contributed by atoms with Gasteiger partial charge in [0.15, 0.2) is 0 Å². The van der Waals surface area contributed by atoms with Gasteiger partial charge in [0, 0.05) is 17.8 Å². The first-order chi connectivity index (χ1) is 9.58. The summed E-state index contributed by atoms with van der Waals surface area (Å²) in [6, 6.07) is 1.41. The van der Waals surface area contributed by atoms with Crippen molar-refractivity contribution < 1.29 is 22.7 Å². The number of alkyl halides is 3. The minimum Gasteiger partial charge on any atom is -0.444 e. The number of nitrogens with zero attached hydrogens (tertiary/aromatic N) is 1. The highest BCUT2D eigenvalue weighted by atomic mass is 19.4. The molecule has 2 heterocycles. The number of carbonyl (C=O) groups is 1. The standard InChI is InChI=1S/C13H14F3N3O2/c1-12(2,3)21-11(20)19-9-7-4-5-17-10(7)18-6-8(9)13(14,15)16/h4-6H,1-3H3,(H2,17,18,19,20). The Morgan fingerprint density at radius 2 is 2.00 bits per heavy atom. The van der Waals surface area contributed by atoms with Gasteiger partial charge in [-0.1, -0.05) is 0 Å². The maximum absolute atomic E-state index is 13.0. The van der Waals surface area contributed by atoms with E-state index in [1.165, 1.54) is 12.3 Å². The van der Waals surface area contributed by atoms with Crippen molar-refractivity contribution in [3.63, 3.8) is 0 Å². The number of amides is 1. The molecule has 2 N–H and O–H groups in total. The number of fused-ring (bicyclic) bond motifs is 1. The van der Waals surface area contributed by atoms with Gasteiger partial charge in [0.25, 0.3) is 0 Å². The number of pyridine rings is 1. The van der Waals surface area contributed by atoms with Gasteiger partial charge in [0.1, 0.15) is 11.2 Å². The molecule has 0 atom stereocenters. The van der Waals surface area contributed by atoms with Crippen molar-refractivity contribution in [1.29, 1.82) is 0 Å². The van der Waals surface area contributed by atoms with Crippen LogP contribution in [-0.4, -0.2) is 21.7 Å².